The van der Waals surface area contributed by atoms with Crippen molar-refractivity contribution >= 4 is 27.5 Å². The van der Waals surface area contributed by atoms with Crippen LogP contribution in [-0.2, 0) is 20.6 Å². The molecule has 4 rings (SSSR count). The number of anilines is 1. The molecule has 0 radical (unpaired) electrons. The molecule has 176 valence electrons. The molecular weight excluding hydrogens is 438 g/mol. The van der Waals surface area contributed by atoms with E-state index in [9.17, 15) is 18.0 Å². The number of nitrogens with one attached hydrogen (secondary N) is 1. The van der Waals surface area contributed by atoms with Crippen molar-refractivity contribution in [3.05, 3.63) is 65.7 Å². The first-order valence-electron chi connectivity index (χ1n) is 11.6. The summed E-state index contributed by atoms with van der Waals surface area (Å²) < 4.78 is 27.0. The molecule has 2 aromatic carbocycles. The number of hydrogen-bond acceptors (Lipinski definition) is 4. The first kappa shape index (κ1) is 23.4. The van der Waals surface area contributed by atoms with Crippen LogP contribution < -0.4 is 5.32 Å². The molecule has 7 nitrogen and oxygen atoms in total. The highest BCUT2D eigenvalue weighted by atomic mass is 32.2. The fraction of sp³-hybridized carbons (Fsp3) is 0.440. The third-order valence-electron chi connectivity index (χ3n) is 6.43. The Morgan fingerprint density at radius 2 is 1.58 bits per heavy atom. The second-order valence-corrected chi connectivity index (χ2v) is 10.8. The molecule has 0 aliphatic carbocycles. The van der Waals surface area contributed by atoms with Gasteiger partial charge < -0.3 is 10.2 Å². The van der Waals surface area contributed by atoms with Crippen LogP contribution in [0.25, 0.3) is 0 Å². The van der Waals surface area contributed by atoms with Crippen molar-refractivity contribution in [3.8, 4) is 0 Å². The van der Waals surface area contributed by atoms with Crippen LogP contribution in [0.4, 0.5) is 5.69 Å². The highest BCUT2D eigenvalue weighted by Gasteiger charge is 2.31. The Labute approximate surface area is 195 Å². The number of carbonyl (C=O) groups is 2. The van der Waals surface area contributed by atoms with Gasteiger partial charge >= 0.3 is 0 Å². The maximum atomic E-state index is 12.8. The minimum Gasteiger partial charge on any atom is -0.339 e. The number of nitrogens with zero attached hydrogens (tertiary/aromatic N) is 2. The van der Waals surface area contributed by atoms with Crippen molar-refractivity contribution in [3.63, 3.8) is 0 Å². The first-order valence-corrected chi connectivity index (χ1v) is 13.3. The number of amides is 2. The molecule has 2 amide bonds. The predicted molar refractivity (Wildman–Crippen MR) is 128 cm³/mol. The van der Waals surface area contributed by atoms with Crippen LogP contribution in [0.15, 0.2) is 54.6 Å². The predicted octanol–water partition coefficient (Wildman–Crippen LogP) is 3.49. The number of piperidine rings is 2. The zero-order chi connectivity index (χ0) is 23.3. The maximum absolute atomic E-state index is 12.8. The molecule has 2 fully saturated rings. The van der Waals surface area contributed by atoms with Gasteiger partial charge in [-0.2, -0.15) is 0 Å². The van der Waals surface area contributed by atoms with Gasteiger partial charge in [-0.1, -0.05) is 36.4 Å². The van der Waals surface area contributed by atoms with Crippen molar-refractivity contribution in [1.29, 1.82) is 0 Å². The molecule has 2 aromatic rings. The number of hydrogen-bond donors (Lipinski definition) is 1. The molecule has 2 aliphatic rings. The Balaban J connectivity index is 1.31. The molecule has 2 heterocycles. The molecule has 0 spiro atoms. The average molecular weight is 470 g/mol. The third kappa shape index (κ3) is 6.00. The summed E-state index contributed by atoms with van der Waals surface area (Å²) in [6.45, 7) is 2.23. The zero-order valence-corrected chi connectivity index (χ0v) is 19.6. The lowest BCUT2D eigenvalue weighted by Crippen LogP contribution is -2.41. The lowest BCUT2D eigenvalue weighted by atomic mass is 9.97. The van der Waals surface area contributed by atoms with Gasteiger partial charge in [-0.25, -0.2) is 12.7 Å². The molecule has 8 heteroatoms. The Hall–Kier alpha value is -2.71. The molecule has 0 bridgehead atoms. The van der Waals surface area contributed by atoms with E-state index in [-0.39, 0.29) is 23.5 Å². The summed E-state index contributed by atoms with van der Waals surface area (Å²) in [5.74, 6) is -0.405. The van der Waals surface area contributed by atoms with Gasteiger partial charge in [0.1, 0.15) is 0 Å². The van der Waals surface area contributed by atoms with Crippen LogP contribution in [0.1, 0.15) is 48.0 Å². The van der Waals surface area contributed by atoms with Crippen molar-refractivity contribution in [2.45, 2.75) is 37.9 Å². The van der Waals surface area contributed by atoms with Crippen LogP contribution in [0, 0.1) is 5.92 Å². The average Bonchev–Trinajstić information content (AvgIpc) is 2.85. The standard InChI is InChI=1S/C25H31N3O4S/c29-24(26-23-11-7-10-22(18-23)25(30)27-14-5-2-6-15-27)21-12-16-28(17-13-21)33(31,32)19-20-8-3-1-4-9-20/h1,3-4,7-11,18,21H,2,5-6,12-17,19H2,(H,26,29). The number of rotatable bonds is 6. The quantitative estimate of drug-likeness (QED) is 0.702. The van der Waals surface area contributed by atoms with Crippen molar-refractivity contribution in [2.75, 3.05) is 31.5 Å². The first-order chi connectivity index (χ1) is 15.9. The highest BCUT2D eigenvalue weighted by Crippen LogP contribution is 2.24. The minimum atomic E-state index is -3.41. The van der Waals surface area contributed by atoms with Crippen molar-refractivity contribution < 1.29 is 18.0 Å². The largest absolute Gasteiger partial charge is 0.339 e. The number of carbonyl (C=O) groups excluding carboxylic acids is 2. The normalized spacial score (nSPS) is 18.1. The minimum absolute atomic E-state index is 0.00253. The number of likely N-dealkylation sites (tertiary alicyclic amines) is 1. The monoisotopic (exact) mass is 469 g/mol. The molecule has 0 unspecified atom stereocenters. The highest BCUT2D eigenvalue weighted by molar-refractivity contribution is 7.88. The second-order valence-electron chi connectivity index (χ2n) is 8.84. The Morgan fingerprint density at radius 1 is 0.879 bits per heavy atom. The van der Waals surface area contributed by atoms with Crippen molar-refractivity contribution in [1.82, 2.24) is 9.21 Å². The summed E-state index contributed by atoms with van der Waals surface area (Å²) in [5.41, 5.74) is 1.94. The topological polar surface area (TPSA) is 86.8 Å². The third-order valence-corrected chi connectivity index (χ3v) is 8.28. The van der Waals surface area contributed by atoms with Crippen LogP contribution in [0.5, 0.6) is 0 Å². The summed E-state index contributed by atoms with van der Waals surface area (Å²) in [4.78, 5) is 27.4. The van der Waals surface area contributed by atoms with E-state index in [1.807, 2.05) is 35.2 Å². The molecule has 0 aromatic heterocycles. The van der Waals surface area contributed by atoms with Gasteiger partial charge in [-0.15, -0.1) is 0 Å². The Bertz CT molecular complexity index is 1070. The van der Waals surface area contributed by atoms with Crippen LogP contribution in [-0.4, -0.2) is 55.6 Å². The lowest BCUT2D eigenvalue weighted by molar-refractivity contribution is -0.120. The van der Waals surface area contributed by atoms with E-state index < -0.39 is 10.0 Å². The molecule has 1 N–H and O–H groups in total. The van der Waals surface area contributed by atoms with E-state index in [2.05, 4.69) is 5.32 Å². The smallest absolute Gasteiger partial charge is 0.253 e. The summed E-state index contributed by atoms with van der Waals surface area (Å²) in [5, 5.41) is 2.93. The number of sulfonamides is 1. The van der Waals surface area contributed by atoms with E-state index in [1.165, 1.54) is 4.31 Å². The second kappa shape index (κ2) is 10.5. The van der Waals surface area contributed by atoms with E-state index in [4.69, 9.17) is 0 Å². The van der Waals surface area contributed by atoms with Gasteiger partial charge in [-0.3, -0.25) is 9.59 Å². The zero-order valence-electron chi connectivity index (χ0n) is 18.8. The molecule has 2 saturated heterocycles. The van der Waals surface area contributed by atoms with E-state index in [0.717, 1.165) is 37.9 Å². The van der Waals surface area contributed by atoms with Crippen LogP contribution in [0.2, 0.25) is 0 Å². The van der Waals surface area contributed by atoms with Gasteiger partial charge in [0.15, 0.2) is 0 Å². The Morgan fingerprint density at radius 3 is 2.27 bits per heavy atom. The molecule has 0 saturated carbocycles. The maximum Gasteiger partial charge on any atom is 0.253 e. The summed E-state index contributed by atoms with van der Waals surface area (Å²) in [6, 6.07) is 16.2. The van der Waals surface area contributed by atoms with Gasteiger partial charge in [0.25, 0.3) is 5.91 Å². The summed E-state index contributed by atoms with van der Waals surface area (Å²) in [6.07, 6.45) is 4.18. The Kier molecular flexibility index (Phi) is 7.45. The molecule has 33 heavy (non-hydrogen) atoms. The van der Waals surface area contributed by atoms with E-state index >= 15 is 0 Å². The molecule has 2 aliphatic heterocycles. The SMILES string of the molecule is O=C(Nc1cccc(C(=O)N2CCCCC2)c1)C1CCN(S(=O)(=O)Cc2ccccc2)CC1. The van der Waals surface area contributed by atoms with Crippen LogP contribution >= 0.6 is 0 Å². The summed E-state index contributed by atoms with van der Waals surface area (Å²) >= 11 is 0. The van der Waals surface area contributed by atoms with Gasteiger partial charge in [-0.05, 0) is 55.9 Å². The fourth-order valence-electron chi connectivity index (χ4n) is 4.53. The van der Waals surface area contributed by atoms with Gasteiger partial charge in [0, 0.05) is 43.3 Å². The lowest BCUT2D eigenvalue weighted by Gasteiger charge is -2.30. The number of benzene rings is 2. The van der Waals surface area contributed by atoms with Gasteiger partial charge in [0.05, 0.1) is 5.75 Å². The van der Waals surface area contributed by atoms with E-state index in [0.29, 0.717) is 37.2 Å². The van der Waals surface area contributed by atoms with Gasteiger partial charge in [0.2, 0.25) is 15.9 Å². The molecule has 0 atom stereocenters. The molecular formula is C25H31N3O4S. The van der Waals surface area contributed by atoms with E-state index in [1.54, 1.807) is 24.3 Å². The van der Waals surface area contributed by atoms with Crippen molar-refractivity contribution in [2.24, 2.45) is 5.92 Å². The fourth-order valence-corrected chi connectivity index (χ4v) is 6.09. The summed E-state index contributed by atoms with van der Waals surface area (Å²) in [7, 11) is -3.41. The van der Waals surface area contributed by atoms with Crippen LogP contribution in [0.3, 0.4) is 0 Å².